The molecule has 0 aliphatic carbocycles. The number of nitrogens with one attached hydrogen (secondary N) is 1. The van der Waals surface area contributed by atoms with E-state index in [1.807, 2.05) is 5.32 Å². The zero-order valence-corrected chi connectivity index (χ0v) is 15.0. The van der Waals surface area contributed by atoms with Crippen molar-refractivity contribution in [3.05, 3.63) is 0 Å². The maximum atomic E-state index is 12.4. The molecule has 6 atom stereocenters. The Morgan fingerprint density at radius 2 is 1.57 bits per heavy atom. The standard InChI is InChI=1S/C15H24N2O11/c1-6(19)17(4-11(22)23)7(15(27)16-3-10(20)21)2-8-12(24)14(26)13(25)9(5-18)28-8/h7-9,12-14,18,24-26H,2-5H2,1H3,(H,16,27)(H,20,21)(H,22,23). The van der Waals surface area contributed by atoms with Gasteiger partial charge >= 0.3 is 11.9 Å². The van der Waals surface area contributed by atoms with Crippen LogP contribution >= 0.6 is 0 Å². The number of aliphatic hydroxyl groups excluding tert-OH is 4. The molecule has 0 radical (unpaired) electrons. The molecule has 0 aromatic heterocycles. The van der Waals surface area contributed by atoms with Crippen molar-refractivity contribution in [2.24, 2.45) is 0 Å². The molecule has 7 N–H and O–H groups in total. The van der Waals surface area contributed by atoms with Crippen molar-refractivity contribution >= 4 is 23.8 Å². The van der Waals surface area contributed by atoms with Gasteiger partial charge in [-0.25, -0.2) is 0 Å². The predicted octanol–water partition coefficient (Wildman–Crippen LogP) is -4.28. The van der Waals surface area contributed by atoms with E-state index in [0.717, 1.165) is 6.92 Å². The number of rotatable bonds is 9. The van der Waals surface area contributed by atoms with E-state index in [-0.39, 0.29) is 0 Å². The Kier molecular flexibility index (Phi) is 8.71. The Morgan fingerprint density at radius 1 is 1.00 bits per heavy atom. The molecule has 2 amide bonds. The third kappa shape index (κ3) is 6.10. The summed E-state index contributed by atoms with van der Waals surface area (Å²) in [5.41, 5.74) is 0. The van der Waals surface area contributed by atoms with Gasteiger partial charge in [-0.15, -0.1) is 0 Å². The van der Waals surface area contributed by atoms with Crippen LogP contribution in [0.25, 0.3) is 0 Å². The summed E-state index contributed by atoms with van der Waals surface area (Å²) in [4.78, 5) is 46.6. The molecular weight excluding hydrogens is 384 g/mol. The number of carboxylic acids is 2. The molecule has 1 heterocycles. The van der Waals surface area contributed by atoms with Crippen LogP contribution in [0.15, 0.2) is 0 Å². The van der Waals surface area contributed by atoms with Gasteiger partial charge in [-0.2, -0.15) is 0 Å². The van der Waals surface area contributed by atoms with Crippen LogP contribution in [0.3, 0.4) is 0 Å². The van der Waals surface area contributed by atoms with Crippen molar-refractivity contribution in [3.63, 3.8) is 0 Å². The Bertz CT molecular complexity index is 597. The lowest BCUT2D eigenvalue weighted by atomic mass is 9.91. The van der Waals surface area contributed by atoms with Crippen molar-refractivity contribution in [1.29, 1.82) is 0 Å². The minimum Gasteiger partial charge on any atom is -0.480 e. The van der Waals surface area contributed by atoms with Crippen LogP contribution in [0.2, 0.25) is 0 Å². The fourth-order valence-electron chi connectivity index (χ4n) is 2.84. The SMILES string of the molecule is CC(=O)N(CC(=O)O)C(CC1OC(CO)C(O)C(O)C1O)C(=O)NCC(=O)O. The molecule has 0 aromatic carbocycles. The van der Waals surface area contributed by atoms with E-state index in [9.17, 15) is 39.6 Å². The molecule has 1 rings (SSSR count). The van der Waals surface area contributed by atoms with Gasteiger partial charge in [0.2, 0.25) is 11.8 Å². The van der Waals surface area contributed by atoms with Gasteiger partial charge in [0, 0.05) is 13.3 Å². The highest BCUT2D eigenvalue weighted by molar-refractivity contribution is 5.90. The van der Waals surface area contributed by atoms with Crippen molar-refractivity contribution in [1.82, 2.24) is 10.2 Å². The van der Waals surface area contributed by atoms with Crippen LogP contribution in [0, 0.1) is 0 Å². The number of hydrogen-bond acceptors (Lipinski definition) is 9. The van der Waals surface area contributed by atoms with Gasteiger partial charge in [0.1, 0.15) is 43.5 Å². The molecule has 160 valence electrons. The summed E-state index contributed by atoms with van der Waals surface area (Å²) in [5, 5.41) is 58.7. The maximum absolute atomic E-state index is 12.4. The van der Waals surface area contributed by atoms with Crippen molar-refractivity contribution in [2.45, 2.75) is 49.9 Å². The summed E-state index contributed by atoms with van der Waals surface area (Å²) in [6.07, 6.45) is -8.25. The number of aliphatic carboxylic acids is 2. The third-order valence-electron chi connectivity index (χ3n) is 4.25. The van der Waals surface area contributed by atoms with Crippen LogP contribution in [0.1, 0.15) is 13.3 Å². The van der Waals surface area contributed by atoms with E-state index in [1.54, 1.807) is 0 Å². The summed E-state index contributed by atoms with van der Waals surface area (Å²) in [6, 6.07) is -1.56. The van der Waals surface area contributed by atoms with Gasteiger partial charge in [-0.3, -0.25) is 19.2 Å². The molecule has 13 nitrogen and oxygen atoms in total. The molecule has 0 bridgehead atoms. The van der Waals surface area contributed by atoms with E-state index in [4.69, 9.17) is 14.9 Å². The lowest BCUT2D eigenvalue weighted by Crippen LogP contribution is -2.61. The average molecular weight is 408 g/mol. The zero-order valence-electron chi connectivity index (χ0n) is 15.0. The Labute approximate surface area is 159 Å². The second-order valence-corrected chi connectivity index (χ2v) is 6.27. The van der Waals surface area contributed by atoms with Crippen LogP contribution in [-0.2, 0) is 23.9 Å². The molecule has 6 unspecified atom stereocenters. The molecule has 0 aromatic rings. The summed E-state index contributed by atoms with van der Waals surface area (Å²) in [6.45, 7) is -1.42. The summed E-state index contributed by atoms with van der Waals surface area (Å²) in [5.74, 6) is -4.66. The Balaban J connectivity index is 3.12. The normalized spacial score (nSPS) is 28.2. The van der Waals surface area contributed by atoms with Gasteiger partial charge < -0.3 is 45.6 Å². The minimum absolute atomic E-state index is 0.528. The van der Waals surface area contributed by atoms with Crippen molar-refractivity contribution in [3.8, 4) is 0 Å². The Morgan fingerprint density at radius 3 is 2.04 bits per heavy atom. The number of carbonyl (C=O) groups excluding carboxylic acids is 2. The smallest absolute Gasteiger partial charge is 0.323 e. The monoisotopic (exact) mass is 408 g/mol. The predicted molar refractivity (Wildman–Crippen MR) is 87.8 cm³/mol. The molecule has 13 heteroatoms. The van der Waals surface area contributed by atoms with Crippen LogP contribution < -0.4 is 5.32 Å². The topological polar surface area (TPSA) is 214 Å². The number of ether oxygens (including phenoxy) is 1. The summed E-state index contributed by atoms with van der Waals surface area (Å²) in [7, 11) is 0. The lowest BCUT2D eigenvalue weighted by Gasteiger charge is -2.42. The number of hydrogen-bond donors (Lipinski definition) is 7. The molecule has 1 saturated heterocycles. The second-order valence-electron chi connectivity index (χ2n) is 6.27. The van der Waals surface area contributed by atoms with Gasteiger partial charge in [0.15, 0.2) is 0 Å². The van der Waals surface area contributed by atoms with Gasteiger partial charge in [-0.1, -0.05) is 0 Å². The van der Waals surface area contributed by atoms with E-state index >= 15 is 0 Å². The first-order valence-corrected chi connectivity index (χ1v) is 8.28. The number of carbonyl (C=O) groups is 4. The molecule has 28 heavy (non-hydrogen) atoms. The molecule has 0 spiro atoms. The summed E-state index contributed by atoms with van der Waals surface area (Å²) < 4.78 is 5.28. The largest absolute Gasteiger partial charge is 0.480 e. The zero-order chi connectivity index (χ0) is 21.6. The highest BCUT2D eigenvalue weighted by Gasteiger charge is 2.45. The van der Waals surface area contributed by atoms with E-state index in [2.05, 4.69) is 0 Å². The number of nitrogens with zero attached hydrogens (tertiary/aromatic N) is 1. The molecule has 1 aliphatic heterocycles. The number of amides is 2. The Hall–Kier alpha value is -2.32. The first-order chi connectivity index (χ1) is 13.0. The van der Waals surface area contributed by atoms with Crippen LogP contribution in [-0.4, -0.2) is 116 Å². The third-order valence-corrected chi connectivity index (χ3v) is 4.25. The quantitative estimate of drug-likeness (QED) is 0.194. The maximum Gasteiger partial charge on any atom is 0.323 e. The number of aliphatic hydroxyl groups is 4. The summed E-state index contributed by atoms with van der Waals surface area (Å²) >= 11 is 0. The molecule has 1 fully saturated rings. The van der Waals surface area contributed by atoms with Crippen molar-refractivity contribution < 1.29 is 54.6 Å². The average Bonchev–Trinajstić information content (AvgIpc) is 2.61. The van der Waals surface area contributed by atoms with E-state index in [1.165, 1.54) is 0 Å². The fourth-order valence-corrected chi connectivity index (χ4v) is 2.84. The highest BCUT2D eigenvalue weighted by Crippen LogP contribution is 2.25. The minimum atomic E-state index is -1.73. The van der Waals surface area contributed by atoms with Gasteiger partial charge in [-0.05, 0) is 0 Å². The molecule has 1 aliphatic rings. The van der Waals surface area contributed by atoms with Crippen LogP contribution in [0.5, 0.6) is 0 Å². The highest BCUT2D eigenvalue weighted by atomic mass is 16.5. The van der Waals surface area contributed by atoms with Crippen LogP contribution in [0.4, 0.5) is 0 Å². The first kappa shape index (κ1) is 23.7. The van der Waals surface area contributed by atoms with E-state index < -0.39 is 86.4 Å². The van der Waals surface area contributed by atoms with E-state index in [0.29, 0.717) is 4.90 Å². The molecular formula is C15H24N2O11. The van der Waals surface area contributed by atoms with Crippen molar-refractivity contribution in [2.75, 3.05) is 19.7 Å². The van der Waals surface area contributed by atoms with Gasteiger partial charge in [0.05, 0.1) is 12.7 Å². The molecule has 0 saturated carbocycles. The van der Waals surface area contributed by atoms with Gasteiger partial charge in [0.25, 0.3) is 0 Å². The second kappa shape index (κ2) is 10.3. The lowest BCUT2D eigenvalue weighted by molar-refractivity contribution is -0.232. The first-order valence-electron chi connectivity index (χ1n) is 8.28. The fraction of sp³-hybridized carbons (Fsp3) is 0.733. The number of carboxylic acid groups (broad SMARTS) is 2.